The lowest BCUT2D eigenvalue weighted by atomic mass is 10.3. The highest BCUT2D eigenvalue weighted by atomic mass is 16.5. The average Bonchev–Trinajstić information content (AvgIpc) is 2.50. The van der Waals surface area contributed by atoms with Gasteiger partial charge in [-0.3, -0.25) is 5.32 Å². The van der Waals surface area contributed by atoms with Gasteiger partial charge in [-0.1, -0.05) is 0 Å². The van der Waals surface area contributed by atoms with Crippen molar-refractivity contribution in [2.24, 2.45) is 0 Å². The predicted molar refractivity (Wildman–Crippen MR) is 79.0 cm³/mol. The Balaban J connectivity index is 2.00. The van der Waals surface area contributed by atoms with Crippen molar-refractivity contribution < 1.29 is 14.3 Å². The summed E-state index contributed by atoms with van der Waals surface area (Å²) in [6.45, 7) is 2.08. The number of anilines is 3. The Morgan fingerprint density at radius 1 is 1.19 bits per heavy atom. The lowest BCUT2D eigenvalue weighted by Crippen LogP contribution is -2.13. The average molecular weight is 288 g/mol. The zero-order valence-electron chi connectivity index (χ0n) is 11.8. The number of ether oxygens (including phenoxy) is 2. The maximum absolute atomic E-state index is 11.3. The molecule has 7 heteroatoms. The summed E-state index contributed by atoms with van der Waals surface area (Å²) in [7, 11) is 1.54. The van der Waals surface area contributed by atoms with Gasteiger partial charge in [0.25, 0.3) is 0 Å². The lowest BCUT2D eigenvalue weighted by Gasteiger charge is -2.08. The molecule has 1 amide bonds. The number of nitrogens with zero attached hydrogens (tertiary/aromatic N) is 2. The minimum absolute atomic E-state index is 0.332. The third kappa shape index (κ3) is 4.34. The number of hydrogen-bond donors (Lipinski definition) is 2. The molecule has 0 aliphatic rings. The molecule has 0 aliphatic heterocycles. The van der Waals surface area contributed by atoms with Crippen LogP contribution in [-0.2, 0) is 4.74 Å². The molecule has 0 spiro atoms. The molecule has 0 bridgehead atoms. The molecule has 7 nitrogen and oxygen atoms in total. The summed E-state index contributed by atoms with van der Waals surface area (Å²) >= 11 is 0. The van der Waals surface area contributed by atoms with Gasteiger partial charge in [-0.15, -0.1) is 0 Å². The van der Waals surface area contributed by atoms with Gasteiger partial charge in [0.2, 0.25) is 11.8 Å². The fourth-order valence-corrected chi connectivity index (χ4v) is 1.57. The van der Waals surface area contributed by atoms with Gasteiger partial charge < -0.3 is 14.8 Å². The van der Waals surface area contributed by atoms with Crippen LogP contribution in [0.1, 0.15) is 6.92 Å². The van der Waals surface area contributed by atoms with Crippen LogP contribution in [0, 0.1) is 0 Å². The SMILES string of the molecule is CCOC(=O)Nc1ccc(Nc2nccc(OC)n2)cc1. The summed E-state index contributed by atoms with van der Waals surface area (Å²) in [6.07, 6.45) is 1.12. The molecule has 1 aromatic heterocycles. The molecule has 0 saturated heterocycles. The fraction of sp³-hybridized carbons (Fsp3) is 0.214. The number of benzene rings is 1. The molecule has 0 saturated carbocycles. The van der Waals surface area contributed by atoms with Crippen molar-refractivity contribution >= 4 is 23.4 Å². The first kappa shape index (κ1) is 14.6. The van der Waals surface area contributed by atoms with Crippen LogP contribution < -0.4 is 15.4 Å². The van der Waals surface area contributed by atoms with E-state index in [1.807, 2.05) is 0 Å². The quantitative estimate of drug-likeness (QED) is 0.880. The Labute approximate surface area is 122 Å². The monoisotopic (exact) mass is 288 g/mol. The molecule has 0 aliphatic carbocycles. The van der Waals surface area contributed by atoms with Gasteiger partial charge in [-0.25, -0.2) is 9.78 Å². The van der Waals surface area contributed by atoms with Crippen molar-refractivity contribution in [1.82, 2.24) is 9.97 Å². The molecule has 110 valence electrons. The van der Waals surface area contributed by atoms with Crippen LogP contribution in [0.25, 0.3) is 0 Å². The minimum atomic E-state index is -0.477. The maximum Gasteiger partial charge on any atom is 0.411 e. The highest BCUT2D eigenvalue weighted by Crippen LogP contribution is 2.17. The van der Waals surface area contributed by atoms with Gasteiger partial charge >= 0.3 is 6.09 Å². The van der Waals surface area contributed by atoms with Crippen LogP contribution in [0.5, 0.6) is 5.88 Å². The topological polar surface area (TPSA) is 85.4 Å². The minimum Gasteiger partial charge on any atom is -0.481 e. The molecule has 0 atom stereocenters. The van der Waals surface area contributed by atoms with E-state index in [4.69, 9.17) is 9.47 Å². The molecule has 0 fully saturated rings. The summed E-state index contributed by atoms with van der Waals surface area (Å²) in [6, 6.07) is 8.76. The Bertz CT molecular complexity index is 601. The second-order valence-electron chi connectivity index (χ2n) is 3.97. The Morgan fingerprint density at radius 2 is 1.90 bits per heavy atom. The summed E-state index contributed by atoms with van der Waals surface area (Å²) in [5, 5.41) is 5.65. The number of nitrogens with one attached hydrogen (secondary N) is 2. The van der Waals surface area contributed by atoms with Crippen molar-refractivity contribution in [2.75, 3.05) is 24.4 Å². The third-order valence-corrected chi connectivity index (χ3v) is 2.50. The first-order valence-corrected chi connectivity index (χ1v) is 6.39. The van der Waals surface area contributed by atoms with E-state index >= 15 is 0 Å². The Kier molecular flexibility index (Phi) is 4.92. The first-order chi connectivity index (χ1) is 10.2. The van der Waals surface area contributed by atoms with Gasteiger partial charge in [0, 0.05) is 23.6 Å². The van der Waals surface area contributed by atoms with E-state index in [1.54, 1.807) is 50.6 Å². The number of methoxy groups -OCH3 is 1. The summed E-state index contributed by atoms with van der Waals surface area (Å²) in [5.41, 5.74) is 1.43. The summed E-state index contributed by atoms with van der Waals surface area (Å²) in [4.78, 5) is 19.5. The van der Waals surface area contributed by atoms with Crippen molar-refractivity contribution in [2.45, 2.75) is 6.92 Å². The molecule has 0 unspecified atom stereocenters. The van der Waals surface area contributed by atoms with E-state index in [0.29, 0.717) is 24.1 Å². The lowest BCUT2D eigenvalue weighted by molar-refractivity contribution is 0.168. The second-order valence-corrected chi connectivity index (χ2v) is 3.97. The van der Waals surface area contributed by atoms with Gasteiger partial charge in [-0.2, -0.15) is 4.98 Å². The van der Waals surface area contributed by atoms with E-state index in [9.17, 15) is 4.79 Å². The molecular formula is C14H16N4O3. The van der Waals surface area contributed by atoms with E-state index in [1.165, 1.54) is 0 Å². The normalized spacial score (nSPS) is 9.81. The van der Waals surface area contributed by atoms with E-state index < -0.39 is 6.09 Å². The third-order valence-electron chi connectivity index (χ3n) is 2.50. The van der Waals surface area contributed by atoms with Crippen molar-refractivity contribution in [1.29, 1.82) is 0 Å². The largest absolute Gasteiger partial charge is 0.481 e. The van der Waals surface area contributed by atoms with E-state index in [0.717, 1.165) is 5.69 Å². The predicted octanol–water partition coefficient (Wildman–Crippen LogP) is 2.80. The Hall–Kier alpha value is -2.83. The molecule has 1 heterocycles. The molecule has 2 N–H and O–H groups in total. The number of carbonyl (C=O) groups is 1. The van der Waals surface area contributed by atoms with Gasteiger partial charge in [0.15, 0.2) is 0 Å². The van der Waals surface area contributed by atoms with Crippen molar-refractivity contribution in [3.63, 3.8) is 0 Å². The molecule has 1 aromatic carbocycles. The number of rotatable bonds is 5. The van der Waals surface area contributed by atoms with Crippen molar-refractivity contribution in [3.05, 3.63) is 36.5 Å². The zero-order chi connectivity index (χ0) is 15.1. The Morgan fingerprint density at radius 3 is 2.57 bits per heavy atom. The van der Waals surface area contributed by atoms with Gasteiger partial charge in [0.05, 0.1) is 13.7 Å². The molecular weight excluding hydrogens is 272 g/mol. The molecule has 21 heavy (non-hydrogen) atoms. The second kappa shape index (κ2) is 7.09. The number of amides is 1. The van der Waals surface area contributed by atoms with Crippen LogP contribution in [0.4, 0.5) is 22.1 Å². The zero-order valence-corrected chi connectivity index (χ0v) is 11.8. The van der Waals surface area contributed by atoms with Crippen LogP contribution in [-0.4, -0.2) is 29.8 Å². The number of aromatic nitrogens is 2. The van der Waals surface area contributed by atoms with Crippen LogP contribution in [0.15, 0.2) is 36.5 Å². The van der Waals surface area contributed by atoms with E-state index in [-0.39, 0.29) is 0 Å². The highest BCUT2D eigenvalue weighted by molar-refractivity contribution is 5.84. The van der Waals surface area contributed by atoms with Crippen LogP contribution >= 0.6 is 0 Å². The van der Waals surface area contributed by atoms with Gasteiger partial charge in [0.1, 0.15) is 0 Å². The smallest absolute Gasteiger partial charge is 0.411 e. The highest BCUT2D eigenvalue weighted by Gasteiger charge is 2.03. The number of carbonyl (C=O) groups excluding carboxylic acids is 1. The summed E-state index contributed by atoms with van der Waals surface area (Å²) < 4.78 is 9.82. The number of hydrogen-bond acceptors (Lipinski definition) is 6. The van der Waals surface area contributed by atoms with E-state index in [2.05, 4.69) is 20.6 Å². The molecule has 2 aromatic rings. The van der Waals surface area contributed by atoms with Crippen molar-refractivity contribution in [3.8, 4) is 5.88 Å². The standard InChI is InChI=1S/C14H16N4O3/c1-3-21-14(19)17-11-6-4-10(5-7-11)16-13-15-9-8-12(18-13)20-2/h4-9H,3H2,1-2H3,(H,17,19)(H,15,16,18). The maximum atomic E-state index is 11.3. The van der Waals surface area contributed by atoms with Crippen LogP contribution in [0.2, 0.25) is 0 Å². The van der Waals surface area contributed by atoms with Crippen LogP contribution in [0.3, 0.4) is 0 Å². The molecule has 2 rings (SSSR count). The first-order valence-electron chi connectivity index (χ1n) is 6.39. The van der Waals surface area contributed by atoms with Gasteiger partial charge in [-0.05, 0) is 31.2 Å². The fourth-order valence-electron chi connectivity index (χ4n) is 1.57. The molecule has 0 radical (unpaired) electrons. The summed E-state index contributed by atoms with van der Waals surface area (Å²) in [5.74, 6) is 0.911.